The van der Waals surface area contributed by atoms with E-state index in [0.717, 1.165) is 22.6 Å². The number of carbonyl (C=O) groups is 1. The number of nitrogens with one attached hydrogen (secondary N) is 1. The highest BCUT2D eigenvalue weighted by atomic mass is 16.5. The Balaban J connectivity index is 1.71. The molecule has 0 fully saturated rings. The predicted octanol–water partition coefficient (Wildman–Crippen LogP) is 4.07. The van der Waals surface area contributed by atoms with Crippen molar-refractivity contribution in [1.82, 2.24) is 14.9 Å². The zero-order valence-electron chi connectivity index (χ0n) is 17.1. The van der Waals surface area contributed by atoms with Gasteiger partial charge in [-0.15, -0.1) is 0 Å². The first-order valence-electron chi connectivity index (χ1n) is 9.64. The third-order valence-corrected chi connectivity index (χ3v) is 4.57. The Hall–Kier alpha value is -3.41. The molecule has 1 N–H and O–H groups in total. The molecule has 3 aromatic rings. The third kappa shape index (κ3) is 5.54. The minimum atomic E-state index is -0.102. The average Bonchev–Trinajstić information content (AvgIpc) is 2.76. The molecule has 0 aliphatic heterocycles. The van der Waals surface area contributed by atoms with Crippen LogP contribution in [0.5, 0.6) is 5.75 Å². The van der Waals surface area contributed by atoms with E-state index in [1.807, 2.05) is 68.4 Å². The summed E-state index contributed by atoms with van der Waals surface area (Å²) < 4.78 is 5.18. The van der Waals surface area contributed by atoms with Crippen molar-refractivity contribution in [2.45, 2.75) is 26.9 Å². The summed E-state index contributed by atoms with van der Waals surface area (Å²) in [6.07, 6.45) is 0. The van der Waals surface area contributed by atoms with Gasteiger partial charge in [0.05, 0.1) is 7.11 Å². The van der Waals surface area contributed by atoms with Crippen LogP contribution in [0.25, 0.3) is 0 Å². The second kappa shape index (κ2) is 9.68. The Kier molecular flexibility index (Phi) is 6.79. The Morgan fingerprint density at radius 3 is 2.41 bits per heavy atom. The van der Waals surface area contributed by atoms with Crippen LogP contribution in [0.3, 0.4) is 0 Å². The van der Waals surface area contributed by atoms with Gasteiger partial charge in [0.1, 0.15) is 11.4 Å². The standard InChI is InChI=1S/C23H26N4O2/c1-4-27(16-19-8-6-5-7-9-19)22(28)21-14-17(2)25-23(26-21)24-15-18-10-12-20(29-3)13-11-18/h5-14H,4,15-16H2,1-3H3,(H,24,25,26). The smallest absolute Gasteiger partial charge is 0.272 e. The summed E-state index contributed by atoms with van der Waals surface area (Å²) in [5.41, 5.74) is 3.30. The van der Waals surface area contributed by atoms with Gasteiger partial charge in [-0.25, -0.2) is 9.97 Å². The predicted molar refractivity (Wildman–Crippen MR) is 114 cm³/mol. The first kappa shape index (κ1) is 20.3. The Morgan fingerprint density at radius 1 is 1.03 bits per heavy atom. The maximum atomic E-state index is 13.0. The van der Waals surface area contributed by atoms with Gasteiger partial charge >= 0.3 is 0 Å². The maximum Gasteiger partial charge on any atom is 0.272 e. The van der Waals surface area contributed by atoms with Crippen molar-refractivity contribution in [2.24, 2.45) is 0 Å². The van der Waals surface area contributed by atoms with Crippen molar-refractivity contribution in [2.75, 3.05) is 19.0 Å². The first-order valence-corrected chi connectivity index (χ1v) is 9.64. The van der Waals surface area contributed by atoms with Crippen molar-refractivity contribution >= 4 is 11.9 Å². The molecule has 0 saturated heterocycles. The van der Waals surface area contributed by atoms with Crippen LogP contribution in [0.15, 0.2) is 60.7 Å². The number of methoxy groups -OCH3 is 1. The molecule has 0 spiro atoms. The number of carbonyl (C=O) groups excluding carboxylic acids is 1. The zero-order valence-corrected chi connectivity index (χ0v) is 17.1. The van der Waals surface area contributed by atoms with Crippen LogP contribution in [0.2, 0.25) is 0 Å². The van der Waals surface area contributed by atoms with E-state index in [4.69, 9.17) is 4.74 Å². The van der Waals surface area contributed by atoms with Crippen molar-refractivity contribution in [1.29, 1.82) is 0 Å². The highest BCUT2D eigenvalue weighted by molar-refractivity contribution is 5.92. The number of hydrogen-bond acceptors (Lipinski definition) is 5. The van der Waals surface area contributed by atoms with Crippen LogP contribution in [-0.2, 0) is 13.1 Å². The number of nitrogens with zero attached hydrogens (tertiary/aromatic N) is 3. The van der Waals surface area contributed by atoms with Gasteiger partial charge in [-0.3, -0.25) is 4.79 Å². The second-order valence-corrected chi connectivity index (χ2v) is 6.72. The number of ether oxygens (including phenoxy) is 1. The van der Waals surface area contributed by atoms with Gasteiger partial charge in [0.2, 0.25) is 5.95 Å². The van der Waals surface area contributed by atoms with Crippen LogP contribution < -0.4 is 10.1 Å². The molecule has 2 aromatic carbocycles. The minimum Gasteiger partial charge on any atom is -0.497 e. The number of aromatic nitrogens is 2. The Morgan fingerprint density at radius 2 is 1.76 bits per heavy atom. The topological polar surface area (TPSA) is 67.4 Å². The van der Waals surface area contributed by atoms with Gasteiger partial charge < -0.3 is 15.0 Å². The maximum absolute atomic E-state index is 13.0. The molecule has 1 amide bonds. The fourth-order valence-electron chi connectivity index (χ4n) is 2.97. The second-order valence-electron chi connectivity index (χ2n) is 6.72. The summed E-state index contributed by atoms with van der Waals surface area (Å²) in [5, 5.41) is 3.21. The number of rotatable bonds is 8. The Bertz CT molecular complexity index is 943. The van der Waals surface area contributed by atoms with Gasteiger partial charge in [0.15, 0.2) is 0 Å². The molecule has 0 unspecified atom stereocenters. The molecule has 6 heteroatoms. The number of aryl methyl sites for hydroxylation is 1. The van der Waals surface area contributed by atoms with E-state index in [9.17, 15) is 4.79 Å². The van der Waals surface area contributed by atoms with Crippen LogP contribution in [0.4, 0.5) is 5.95 Å². The van der Waals surface area contributed by atoms with E-state index < -0.39 is 0 Å². The lowest BCUT2D eigenvalue weighted by Crippen LogP contribution is -2.31. The van der Waals surface area contributed by atoms with Crippen LogP contribution in [0.1, 0.15) is 34.2 Å². The monoisotopic (exact) mass is 390 g/mol. The van der Waals surface area contributed by atoms with Crippen molar-refractivity contribution in [3.8, 4) is 5.75 Å². The molecule has 0 radical (unpaired) electrons. The molecule has 150 valence electrons. The first-order chi connectivity index (χ1) is 14.1. The molecule has 0 saturated carbocycles. The molecule has 0 aliphatic carbocycles. The number of benzene rings is 2. The van der Waals surface area contributed by atoms with Gasteiger partial charge in [-0.05, 0) is 43.2 Å². The summed E-state index contributed by atoms with van der Waals surface area (Å²) >= 11 is 0. The Labute approximate surface area is 171 Å². The fourth-order valence-corrected chi connectivity index (χ4v) is 2.97. The van der Waals surface area contributed by atoms with Crippen LogP contribution >= 0.6 is 0 Å². The molecular weight excluding hydrogens is 364 g/mol. The largest absolute Gasteiger partial charge is 0.497 e. The van der Waals surface area contributed by atoms with E-state index in [-0.39, 0.29) is 5.91 Å². The average molecular weight is 390 g/mol. The van der Waals surface area contributed by atoms with Crippen molar-refractivity contribution in [3.05, 3.63) is 83.2 Å². The molecule has 0 aliphatic rings. The summed E-state index contributed by atoms with van der Waals surface area (Å²) in [6, 6.07) is 19.5. The van der Waals surface area contributed by atoms with Gasteiger partial charge in [-0.1, -0.05) is 42.5 Å². The highest BCUT2D eigenvalue weighted by Crippen LogP contribution is 2.14. The lowest BCUT2D eigenvalue weighted by Gasteiger charge is -2.21. The van der Waals surface area contributed by atoms with Gasteiger partial charge in [0.25, 0.3) is 5.91 Å². The summed E-state index contributed by atoms with van der Waals surface area (Å²) in [4.78, 5) is 23.7. The molecule has 0 bridgehead atoms. The third-order valence-electron chi connectivity index (χ3n) is 4.57. The summed E-state index contributed by atoms with van der Waals surface area (Å²) in [5.74, 6) is 1.15. The van der Waals surface area contributed by atoms with Gasteiger partial charge in [-0.2, -0.15) is 0 Å². The SMILES string of the molecule is CCN(Cc1ccccc1)C(=O)c1cc(C)nc(NCc2ccc(OC)cc2)n1. The van der Waals surface area contributed by atoms with Crippen LogP contribution in [-0.4, -0.2) is 34.4 Å². The number of amides is 1. The number of hydrogen-bond donors (Lipinski definition) is 1. The minimum absolute atomic E-state index is 0.102. The molecule has 1 heterocycles. The zero-order chi connectivity index (χ0) is 20.6. The molecular formula is C23H26N4O2. The quantitative estimate of drug-likeness (QED) is 0.628. The van der Waals surface area contributed by atoms with Crippen LogP contribution in [0, 0.1) is 6.92 Å². The van der Waals surface area contributed by atoms with Crippen molar-refractivity contribution in [3.63, 3.8) is 0 Å². The van der Waals surface area contributed by atoms with E-state index in [1.165, 1.54) is 0 Å². The normalized spacial score (nSPS) is 10.4. The van der Waals surface area contributed by atoms with E-state index in [2.05, 4.69) is 15.3 Å². The molecule has 0 atom stereocenters. The van der Waals surface area contributed by atoms with E-state index >= 15 is 0 Å². The lowest BCUT2D eigenvalue weighted by molar-refractivity contribution is 0.0746. The van der Waals surface area contributed by atoms with Gasteiger partial charge in [0, 0.05) is 25.3 Å². The van der Waals surface area contributed by atoms with E-state index in [0.29, 0.717) is 31.3 Å². The molecule has 1 aromatic heterocycles. The number of anilines is 1. The lowest BCUT2D eigenvalue weighted by atomic mass is 10.2. The molecule has 6 nitrogen and oxygen atoms in total. The van der Waals surface area contributed by atoms with Crippen molar-refractivity contribution < 1.29 is 9.53 Å². The fraction of sp³-hybridized carbons (Fsp3) is 0.261. The summed E-state index contributed by atoms with van der Waals surface area (Å²) in [6.45, 7) is 5.55. The highest BCUT2D eigenvalue weighted by Gasteiger charge is 2.17. The summed E-state index contributed by atoms with van der Waals surface area (Å²) in [7, 11) is 1.64. The van der Waals surface area contributed by atoms with E-state index in [1.54, 1.807) is 18.1 Å². The molecule has 29 heavy (non-hydrogen) atoms. The molecule has 3 rings (SSSR count).